The molecule has 27 heavy (non-hydrogen) atoms. The molecule has 1 heterocycles. The summed E-state index contributed by atoms with van der Waals surface area (Å²) in [6, 6.07) is 6.25. The van der Waals surface area contributed by atoms with Gasteiger partial charge in [-0.3, -0.25) is 4.79 Å². The normalized spacial score (nSPS) is 16.7. The molecule has 1 aromatic carbocycles. The maximum atomic E-state index is 12.4. The van der Waals surface area contributed by atoms with Crippen molar-refractivity contribution in [1.82, 2.24) is 10.2 Å². The van der Waals surface area contributed by atoms with Gasteiger partial charge >= 0.3 is 6.61 Å². The van der Waals surface area contributed by atoms with Gasteiger partial charge in [-0.25, -0.2) is 8.42 Å². The smallest absolute Gasteiger partial charge is 0.387 e. The molecule has 1 saturated heterocycles. The van der Waals surface area contributed by atoms with E-state index in [0.29, 0.717) is 12.1 Å². The van der Waals surface area contributed by atoms with Crippen molar-refractivity contribution in [2.45, 2.75) is 25.5 Å². The lowest BCUT2D eigenvalue weighted by molar-refractivity contribution is -0.117. The Labute approximate surface area is 158 Å². The first-order chi connectivity index (χ1) is 12.7. The number of likely N-dealkylation sites (tertiary alicyclic amines) is 1. The SMILES string of the molecule is CS(=O)(=O)CCN1CCC(NC(=O)C=Cc2ccccc2OC(F)F)CC1. The number of para-hydroxylation sites is 1. The van der Waals surface area contributed by atoms with Crippen molar-refractivity contribution in [3.8, 4) is 5.75 Å². The number of hydrogen-bond donors (Lipinski definition) is 1. The van der Waals surface area contributed by atoms with Crippen molar-refractivity contribution in [3.63, 3.8) is 0 Å². The number of nitrogens with one attached hydrogen (secondary N) is 1. The van der Waals surface area contributed by atoms with Crippen LogP contribution in [0.2, 0.25) is 0 Å². The van der Waals surface area contributed by atoms with E-state index >= 15 is 0 Å². The van der Waals surface area contributed by atoms with E-state index in [2.05, 4.69) is 15.0 Å². The summed E-state index contributed by atoms with van der Waals surface area (Å²) in [5.41, 5.74) is 0.392. The summed E-state index contributed by atoms with van der Waals surface area (Å²) in [6.45, 7) is -0.994. The van der Waals surface area contributed by atoms with Crippen LogP contribution < -0.4 is 10.1 Å². The maximum absolute atomic E-state index is 12.4. The fourth-order valence-electron chi connectivity index (χ4n) is 2.83. The minimum absolute atomic E-state index is 0.00388. The van der Waals surface area contributed by atoms with Crippen LogP contribution in [0.15, 0.2) is 30.3 Å². The first-order valence-corrected chi connectivity index (χ1v) is 10.7. The number of benzene rings is 1. The Morgan fingerprint density at radius 3 is 2.63 bits per heavy atom. The molecule has 1 N–H and O–H groups in total. The summed E-state index contributed by atoms with van der Waals surface area (Å²) < 4.78 is 51.6. The summed E-state index contributed by atoms with van der Waals surface area (Å²) in [7, 11) is -2.98. The third kappa shape index (κ3) is 8.04. The zero-order valence-electron chi connectivity index (χ0n) is 15.1. The quantitative estimate of drug-likeness (QED) is 0.673. The largest absolute Gasteiger partial charge is 0.434 e. The van der Waals surface area contributed by atoms with Gasteiger partial charge in [0.2, 0.25) is 5.91 Å². The number of ether oxygens (including phenoxy) is 1. The number of halogens is 2. The summed E-state index contributed by atoms with van der Waals surface area (Å²) in [5.74, 6) is -0.167. The van der Waals surface area contributed by atoms with Crippen LogP contribution in [0.25, 0.3) is 6.08 Å². The monoisotopic (exact) mass is 402 g/mol. The average molecular weight is 402 g/mol. The van der Waals surface area contributed by atoms with Crippen LogP contribution in [-0.2, 0) is 14.6 Å². The Hall–Kier alpha value is -2.00. The number of carbonyl (C=O) groups excluding carboxylic acids is 1. The second-order valence-corrected chi connectivity index (χ2v) is 8.76. The Bertz CT molecular complexity index is 760. The van der Waals surface area contributed by atoms with Crippen LogP contribution in [0, 0.1) is 0 Å². The molecule has 0 atom stereocenters. The number of alkyl halides is 2. The Morgan fingerprint density at radius 1 is 1.33 bits per heavy atom. The molecule has 9 heteroatoms. The minimum Gasteiger partial charge on any atom is -0.434 e. The van der Waals surface area contributed by atoms with Crippen LogP contribution in [0.3, 0.4) is 0 Å². The zero-order valence-corrected chi connectivity index (χ0v) is 15.9. The van der Waals surface area contributed by atoms with Crippen LogP contribution in [-0.4, -0.2) is 63.5 Å². The van der Waals surface area contributed by atoms with E-state index < -0.39 is 16.4 Å². The van der Waals surface area contributed by atoms with Gasteiger partial charge in [-0.05, 0) is 25.0 Å². The van der Waals surface area contributed by atoms with Crippen molar-refractivity contribution in [2.75, 3.05) is 31.6 Å². The topological polar surface area (TPSA) is 75.7 Å². The van der Waals surface area contributed by atoms with Gasteiger partial charge in [-0.2, -0.15) is 8.78 Å². The minimum atomic E-state index is -2.98. The fraction of sp³-hybridized carbons (Fsp3) is 0.500. The van der Waals surface area contributed by atoms with Gasteiger partial charge < -0.3 is 15.0 Å². The van der Waals surface area contributed by atoms with Gasteiger partial charge in [0.15, 0.2) is 0 Å². The molecule has 6 nitrogen and oxygen atoms in total. The van der Waals surface area contributed by atoms with Gasteiger partial charge in [0.25, 0.3) is 0 Å². The molecular formula is C18H24F2N2O4S. The second kappa shape index (κ2) is 9.80. The molecule has 2 rings (SSSR count). The van der Waals surface area contributed by atoms with Crippen molar-refractivity contribution in [1.29, 1.82) is 0 Å². The molecule has 1 aliphatic heterocycles. The molecule has 0 spiro atoms. The second-order valence-electron chi connectivity index (χ2n) is 6.50. The Balaban J connectivity index is 1.81. The molecule has 0 bridgehead atoms. The number of hydrogen-bond acceptors (Lipinski definition) is 5. The molecule has 0 unspecified atom stereocenters. The van der Waals surface area contributed by atoms with Crippen molar-refractivity contribution < 1.29 is 26.7 Å². The Kier molecular flexibility index (Phi) is 7.73. The molecular weight excluding hydrogens is 378 g/mol. The number of sulfone groups is 1. The fourth-order valence-corrected chi connectivity index (χ4v) is 3.42. The van der Waals surface area contributed by atoms with Crippen LogP contribution in [0.1, 0.15) is 18.4 Å². The van der Waals surface area contributed by atoms with Gasteiger partial charge in [-0.1, -0.05) is 18.2 Å². The van der Waals surface area contributed by atoms with Gasteiger partial charge in [-0.15, -0.1) is 0 Å². The van der Waals surface area contributed by atoms with E-state index in [1.54, 1.807) is 18.2 Å². The lowest BCUT2D eigenvalue weighted by atomic mass is 10.1. The van der Waals surface area contributed by atoms with Gasteiger partial charge in [0.1, 0.15) is 15.6 Å². The highest BCUT2D eigenvalue weighted by molar-refractivity contribution is 7.90. The standard InChI is InChI=1S/C18H24F2N2O4S/c1-27(24,25)13-12-22-10-8-15(9-11-22)21-17(23)7-6-14-4-2-3-5-16(14)26-18(19)20/h2-7,15,18H,8-13H2,1H3,(H,21,23). The highest BCUT2D eigenvalue weighted by atomic mass is 32.2. The third-order valence-corrected chi connectivity index (χ3v) is 5.19. The molecule has 0 saturated carbocycles. The Morgan fingerprint density at radius 2 is 2.00 bits per heavy atom. The molecule has 150 valence electrons. The lowest BCUT2D eigenvalue weighted by Crippen LogP contribution is -2.45. The highest BCUT2D eigenvalue weighted by Crippen LogP contribution is 2.21. The molecule has 0 aromatic heterocycles. The maximum Gasteiger partial charge on any atom is 0.387 e. The van der Waals surface area contributed by atoms with E-state index in [0.717, 1.165) is 25.9 Å². The highest BCUT2D eigenvalue weighted by Gasteiger charge is 2.20. The van der Waals surface area contributed by atoms with Crippen LogP contribution in [0.4, 0.5) is 8.78 Å². The predicted molar refractivity (Wildman–Crippen MR) is 99.4 cm³/mol. The van der Waals surface area contributed by atoms with Crippen molar-refractivity contribution in [3.05, 3.63) is 35.9 Å². The van der Waals surface area contributed by atoms with E-state index in [4.69, 9.17) is 0 Å². The van der Waals surface area contributed by atoms with Crippen LogP contribution in [0.5, 0.6) is 5.75 Å². The lowest BCUT2D eigenvalue weighted by Gasteiger charge is -2.31. The molecule has 1 amide bonds. The molecule has 0 aliphatic carbocycles. The first-order valence-electron chi connectivity index (χ1n) is 8.65. The molecule has 1 aromatic rings. The summed E-state index contributed by atoms with van der Waals surface area (Å²) >= 11 is 0. The summed E-state index contributed by atoms with van der Waals surface area (Å²) in [6.07, 6.45) is 5.41. The summed E-state index contributed by atoms with van der Waals surface area (Å²) in [4.78, 5) is 14.1. The molecule has 0 radical (unpaired) electrons. The zero-order chi connectivity index (χ0) is 19.9. The van der Waals surface area contributed by atoms with Gasteiger partial charge in [0, 0.05) is 43.6 Å². The number of carbonyl (C=O) groups is 1. The van der Waals surface area contributed by atoms with Crippen molar-refractivity contribution >= 4 is 21.8 Å². The first kappa shape index (κ1) is 21.3. The average Bonchev–Trinajstić information content (AvgIpc) is 2.59. The summed E-state index contributed by atoms with van der Waals surface area (Å²) in [5, 5.41) is 2.88. The van der Waals surface area contributed by atoms with E-state index in [1.807, 2.05) is 0 Å². The molecule has 1 fully saturated rings. The number of rotatable bonds is 8. The van der Waals surface area contributed by atoms with Gasteiger partial charge in [0.05, 0.1) is 5.75 Å². The van der Waals surface area contributed by atoms with Crippen molar-refractivity contribution in [2.24, 2.45) is 0 Å². The van der Waals surface area contributed by atoms with E-state index in [1.165, 1.54) is 24.5 Å². The van der Waals surface area contributed by atoms with Crippen LogP contribution >= 0.6 is 0 Å². The van der Waals surface area contributed by atoms with E-state index in [-0.39, 0.29) is 23.5 Å². The number of nitrogens with zero attached hydrogens (tertiary/aromatic N) is 1. The van der Waals surface area contributed by atoms with E-state index in [9.17, 15) is 22.0 Å². The predicted octanol–water partition coefficient (Wildman–Crippen LogP) is 1.93. The third-order valence-electron chi connectivity index (χ3n) is 4.26. The number of amides is 1. The molecule has 1 aliphatic rings. The number of piperidine rings is 1.